The van der Waals surface area contributed by atoms with Crippen LogP contribution in [-0.2, 0) is 0 Å². The maximum atomic E-state index is 9.48. The Bertz CT molecular complexity index is 678. The van der Waals surface area contributed by atoms with E-state index in [0.29, 0.717) is 11.4 Å². The third kappa shape index (κ3) is 2.53. The molecule has 0 unspecified atom stereocenters. The first-order valence-electron chi connectivity index (χ1n) is 5.75. The minimum atomic E-state index is -0.143. The number of phenols is 1. The molecule has 2 aromatic carbocycles. The summed E-state index contributed by atoms with van der Waals surface area (Å²) in [6, 6.07) is 8.58. The Kier molecular flexibility index (Phi) is 3.42. The minimum absolute atomic E-state index is 0.143. The summed E-state index contributed by atoms with van der Waals surface area (Å²) in [6.07, 6.45) is 1.65. The summed E-state index contributed by atoms with van der Waals surface area (Å²) < 4.78 is 10.5. The van der Waals surface area contributed by atoms with Crippen LogP contribution in [0.5, 0.6) is 17.2 Å². The molecule has 20 heavy (non-hydrogen) atoms. The van der Waals surface area contributed by atoms with Crippen LogP contribution in [0.1, 0.15) is 5.56 Å². The fourth-order valence-electron chi connectivity index (χ4n) is 1.77. The molecule has 4 nitrogen and oxygen atoms in total. The largest absolute Gasteiger partial charge is 0.505 e. The summed E-state index contributed by atoms with van der Waals surface area (Å²) in [5, 5.41) is 9.80. The fourth-order valence-corrected chi connectivity index (χ4v) is 2.24. The van der Waals surface area contributed by atoms with E-state index in [4.69, 9.17) is 32.7 Å². The Hall–Kier alpha value is -1.91. The SMILES string of the molecule is Oc1c(Cl)cc(N=Cc2ccc3c(c2)OCO3)cc1Cl. The van der Waals surface area contributed by atoms with Gasteiger partial charge in [0, 0.05) is 6.21 Å². The predicted octanol–water partition coefficient (Wildman–Crippen LogP) is 4.18. The Morgan fingerprint density at radius 3 is 2.50 bits per heavy atom. The molecule has 0 atom stereocenters. The molecule has 0 saturated carbocycles. The van der Waals surface area contributed by atoms with Crippen LogP contribution in [0.4, 0.5) is 5.69 Å². The van der Waals surface area contributed by atoms with Crippen LogP contribution < -0.4 is 9.47 Å². The molecular formula is C14H9Cl2NO3. The zero-order chi connectivity index (χ0) is 14.1. The van der Waals surface area contributed by atoms with Crippen molar-refractivity contribution < 1.29 is 14.6 Å². The zero-order valence-electron chi connectivity index (χ0n) is 10.1. The summed E-state index contributed by atoms with van der Waals surface area (Å²) in [5.41, 5.74) is 1.41. The van der Waals surface area contributed by atoms with Gasteiger partial charge in [0.05, 0.1) is 15.7 Å². The van der Waals surface area contributed by atoms with Crippen LogP contribution in [-0.4, -0.2) is 18.1 Å². The first-order chi connectivity index (χ1) is 9.63. The summed E-state index contributed by atoms with van der Waals surface area (Å²) in [4.78, 5) is 4.26. The lowest BCUT2D eigenvalue weighted by molar-refractivity contribution is 0.174. The number of hydrogen-bond donors (Lipinski definition) is 1. The first kappa shape index (κ1) is 13.1. The lowest BCUT2D eigenvalue weighted by Crippen LogP contribution is -1.92. The quantitative estimate of drug-likeness (QED) is 0.847. The number of ether oxygens (including phenoxy) is 2. The van der Waals surface area contributed by atoms with Gasteiger partial charge < -0.3 is 14.6 Å². The van der Waals surface area contributed by atoms with Crippen LogP contribution in [0.2, 0.25) is 10.0 Å². The second kappa shape index (κ2) is 5.23. The molecule has 0 spiro atoms. The normalized spacial score (nSPS) is 13.1. The van der Waals surface area contributed by atoms with Gasteiger partial charge in [-0.15, -0.1) is 0 Å². The maximum Gasteiger partial charge on any atom is 0.231 e. The maximum absolute atomic E-state index is 9.48. The van der Waals surface area contributed by atoms with Gasteiger partial charge in [0.15, 0.2) is 17.2 Å². The second-order valence-corrected chi connectivity index (χ2v) is 4.94. The van der Waals surface area contributed by atoms with Crippen LogP contribution in [0.25, 0.3) is 0 Å². The number of halogens is 2. The van der Waals surface area contributed by atoms with Gasteiger partial charge in [-0.05, 0) is 35.9 Å². The highest BCUT2D eigenvalue weighted by Crippen LogP contribution is 2.36. The molecule has 2 aromatic rings. The molecule has 0 radical (unpaired) electrons. The molecule has 1 aliphatic rings. The van der Waals surface area contributed by atoms with E-state index in [1.807, 2.05) is 18.2 Å². The van der Waals surface area contributed by atoms with Gasteiger partial charge in [-0.3, -0.25) is 4.99 Å². The van der Waals surface area contributed by atoms with Crippen molar-refractivity contribution in [1.29, 1.82) is 0 Å². The number of phenolic OH excluding ortho intramolecular Hbond substituents is 1. The predicted molar refractivity (Wildman–Crippen MR) is 77.9 cm³/mol. The van der Waals surface area contributed by atoms with E-state index < -0.39 is 0 Å². The molecule has 0 aliphatic carbocycles. The summed E-state index contributed by atoms with van der Waals surface area (Å²) in [7, 11) is 0. The topological polar surface area (TPSA) is 51.1 Å². The van der Waals surface area contributed by atoms with Gasteiger partial charge in [0.2, 0.25) is 6.79 Å². The van der Waals surface area contributed by atoms with Crippen LogP contribution >= 0.6 is 23.2 Å². The molecule has 0 saturated heterocycles. The minimum Gasteiger partial charge on any atom is -0.505 e. The Morgan fingerprint density at radius 1 is 1.05 bits per heavy atom. The van der Waals surface area contributed by atoms with E-state index in [2.05, 4.69) is 4.99 Å². The van der Waals surface area contributed by atoms with Gasteiger partial charge in [0.25, 0.3) is 0 Å². The Labute approximate surface area is 125 Å². The lowest BCUT2D eigenvalue weighted by atomic mass is 10.2. The molecule has 1 N–H and O–H groups in total. The molecule has 0 fully saturated rings. The fraction of sp³-hybridized carbons (Fsp3) is 0.0714. The average molecular weight is 310 g/mol. The van der Waals surface area contributed by atoms with Crippen molar-refractivity contribution in [3.63, 3.8) is 0 Å². The van der Waals surface area contributed by atoms with E-state index in [9.17, 15) is 5.11 Å². The molecule has 0 bridgehead atoms. The van der Waals surface area contributed by atoms with Crippen molar-refractivity contribution in [2.75, 3.05) is 6.79 Å². The van der Waals surface area contributed by atoms with Gasteiger partial charge in [-0.2, -0.15) is 0 Å². The van der Waals surface area contributed by atoms with E-state index >= 15 is 0 Å². The monoisotopic (exact) mass is 309 g/mol. The summed E-state index contributed by atoms with van der Waals surface area (Å²) >= 11 is 11.7. The van der Waals surface area contributed by atoms with Crippen molar-refractivity contribution in [2.45, 2.75) is 0 Å². The van der Waals surface area contributed by atoms with Crippen LogP contribution in [0.3, 0.4) is 0 Å². The van der Waals surface area contributed by atoms with Crippen molar-refractivity contribution in [3.05, 3.63) is 45.9 Å². The third-order valence-electron chi connectivity index (χ3n) is 2.76. The third-order valence-corrected chi connectivity index (χ3v) is 3.34. The standard InChI is InChI=1S/C14H9Cl2NO3/c15-10-4-9(5-11(16)14(10)18)17-6-8-1-2-12-13(3-8)20-7-19-12/h1-6,18H,7H2. The first-order valence-corrected chi connectivity index (χ1v) is 6.51. The van der Waals surface area contributed by atoms with Crippen LogP contribution in [0, 0.1) is 0 Å². The van der Waals surface area contributed by atoms with Crippen molar-refractivity contribution in [2.24, 2.45) is 4.99 Å². The van der Waals surface area contributed by atoms with E-state index in [0.717, 1.165) is 11.3 Å². The van der Waals surface area contributed by atoms with Gasteiger partial charge in [0.1, 0.15) is 0 Å². The van der Waals surface area contributed by atoms with Crippen molar-refractivity contribution >= 4 is 35.1 Å². The smallest absolute Gasteiger partial charge is 0.231 e. The molecule has 3 rings (SSSR count). The van der Waals surface area contributed by atoms with Crippen LogP contribution in [0.15, 0.2) is 35.3 Å². The number of aromatic hydroxyl groups is 1. The molecule has 1 aliphatic heterocycles. The Balaban J connectivity index is 1.87. The highest BCUT2D eigenvalue weighted by Gasteiger charge is 2.12. The number of nitrogens with zero attached hydrogens (tertiary/aromatic N) is 1. The molecule has 1 heterocycles. The lowest BCUT2D eigenvalue weighted by Gasteiger charge is -2.01. The molecule has 0 aromatic heterocycles. The number of fused-ring (bicyclic) bond motifs is 1. The van der Waals surface area contributed by atoms with Crippen molar-refractivity contribution in [3.8, 4) is 17.2 Å². The highest BCUT2D eigenvalue weighted by atomic mass is 35.5. The second-order valence-electron chi connectivity index (χ2n) is 4.13. The molecule has 102 valence electrons. The number of benzene rings is 2. The molecular weight excluding hydrogens is 301 g/mol. The van der Waals surface area contributed by atoms with E-state index in [1.54, 1.807) is 6.21 Å². The number of aliphatic imine (C=N–C) groups is 1. The summed E-state index contributed by atoms with van der Waals surface area (Å²) in [5.74, 6) is 1.27. The number of rotatable bonds is 2. The molecule has 6 heteroatoms. The zero-order valence-corrected chi connectivity index (χ0v) is 11.6. The highest BCUT2D eigenvalue weighted by molar-refractivity contribution is 6.37. The van der Waals surface area contributed by atoms with Gasteiger partial charge >= 0.3 is 0 Å². The van der Waals surface area contributed by atoms with Crippen molar-refractivity contribution in [1.82, 2.24) is 0 Å². The summed E-state index contributed by atoms with van der Waals surface area (Å²) in [6.45, 7) is 0.235. The average Bonchev–Trinajstić information content (AvgIpc) is 2.89. The van der Waals surface area contributed by atoms with Gasteiger partial charge in [-0.25, -0.2) is 0 Å². The molecule has 0 amide bonds. The Morgan fingerprint density at radius 2 is 1.75 bits per heavy atom. The number of hydrogen-bond acceptors (Lipinski definition) is 4. The van der Waals surface area contributed by atoms with E-state index in [-0.39, 0.29) is 22.6 Å². The van der Waals surface area contributed by atoms with Gasteiger partial charge in [-0.1, -0.05) is 23.2 Å². The van der Waals surface area contributed by atoms with E-state index in [1.165, 1.54) is 12.1 Å².